The van der Waals surface area contributed by atoms with Crippen molar-refractivity contribution in [3.8, 4) is 5.75 Å². The highest BCUT2D eigenvalue weighted by molar-refractivity contribution is 5.96. The third kappa shape index (κ3) is 4.04. The summed E-state index contributed by atoms with van der Waals surface area (Å²) in [5.74, 6) is -0.205. The van der Waals surface area contributed by atoms with Gasteiger partial charge in [0.15, 0.2) is 0 Å². The number of benzene rings is 1. The van der Waals surface area contributed by atoms with E-state index in [2.05, 4.69) is 24.1 Å². The Balaban J connectivity index is 2.53. The normalized spacial score (nSPS) is 11.0. The maximum atomic E-state index is 11.9. The van der Waals surface area contributed by atoms with Crippen LogP contribution in [0.3, 0.4) is 0 Å². The number of carbonyl (C=O) groups excluding carboxylic acids is 1. The molecule has 0 aliphatic carbocycles. The second kappa shape index (κ2) is 6.40. The molecule has 4 heteroatoms. The maximum Gasteiger partial charge on any atom is 0.255 e. The second-order valence-electron chi connectivity index (χ2n) is 4.85. The molecule has 4 nitrogen and oxygen atoms in total. The highest BCUT2D eigenvalue weighted by Gasteiger charge is 2.11. The average molecular weight is 250 g/mol. The predicted molar refractivity (Wildman–Crippen MR) is 72.9 cm³/mol. The van der Waals surface area contributed by atoms with E-state index in [1.807, 2.05) is 14.0 Å². The molecule has 0 aromatic heterocycles. The summed E-state index contributed by atoms with van der Waals surface area (Å²) in [4.78, 5) is 14.0. The SMILES string of the molecule is Cc1ccc(O)c(C(=O)NCCN(C)C(C)C)c1. The lowest BCUT2D eigenvalue weighted by atomic mass is 10.1. The number of aryl methyl sites for hydroxylation is 1. The molecule has 1 aromatic rings. The fraction of sp³-hybridized carbons (Fsp3) is 0.500. The fourth-order valence-corrected chi connectivity index (χ4v) is 1.53. The molecule has 0 saturated heterocycles. The van der Waals surface area contributed by atoms with Gasteiger partial charge in [-0.25, -0.2) is 0 Å². The number of carbonyl (C=O) groups is 1. The number of likely N-dealkylation sites (N-methyl/N-ethyl adjacent to an activating group) is 1. The molecular formula is C14H22N2O2. The minimum absolute atomic E-state index is 0.0234. The van der Waals surface area contributed by atoms with Gasteiger partial charge in [0.1, 0.15) is 5.75 Å². The zero-order chi connectivity index (χ0) is 13.7. The van der Waals surface area contributed by atoms with Gasteiger partial charge in [0, 0.05) is 19.1 Å². The van der Waals surface area contributed by atoms with Gasteiger partial charge >= 0.3 is 0 Å². The van der Waals surface area contributed by atoms with E-state index >= 15 is 0 Å². The first-order valence-corrected chi connectivity index (χ1v) is 6.20. The largest absolute Gasteiger partial charge is 0.507 e. The standard InChI is InChI=1S/C14H22N2O2/c1-10(2)16(4)8-7-15-14(18)12-9-11(3)5-6-13(12)17/h5-6,9-10,17H,7-8H2,1-4H3,(H,15,18). The Morgan fingerprint density at radius 3 is 2.72 bits per heavy atom. The van der Waals surface area contributed by atoms with E-state index in [0.29, 0.717) is 18.2 Å². The van der Waals surface area contributed by atoms with Crippen molar-refractivity contribution in [3.05, 3.63) is 29.3 Å². The van der Waals surface area contributed by atoms with Crippen LogP contribution in [0.25, 0.3) is 0 Å². The Labute approximate surface area is 109 Å². The van der Waals surface area contributed by atoms with E-state index in [0.717, 1.165) is 12.1 Å². The van der Waals surface area contributed by atoms with Crippen LogP contribution < -0.4 is 5.32 Å². The molecule has 1 aromatic carbocycles. The number of phenolic OH excluding ortho intramolecular Hbond substituents is 1. The summed E-state index contributed by atoms with van der Waals surface area (Å²) >= 11 is 0. The Morgan fingerprint density at radius 1 is 1.44 bits per heavy atom. The molecule has 0 unspecified atom stereocenters. The van der Waals surface area contributed by atoms with Crippen molar-refractivity contribution >= 4 is 5.91 Å². The number of rotatable bonds is 5. The molecule has 0 bridgehead atoms. The van der Waals surface area contributed by atoms with Gasteiger partial charge in [-0.3, -0.25) is 4.79 Å². The molecule has 1 amide bonds. The van der Waals surface area contributed by atoms with Gasteiger partial charge in [-0.2, -0.15) is 0 Å². The lowest BCUT2D eigenvalue weighted by Crippen LogP contribution is -2.36. The van der Waals surface area contributed by atoms with Crippen molar-refractivity contribution < 1.29 is 9.90 Å². The van der Waals surface area contributed by atoms with Crippen LogP contribution in [-0.2, 0) is 0 Å². The first kappa shape index (κ1) is 14.5. The Bertz CT molecular complexity index is 416. The van der Waals surface area contributed by atoms with Crippen molar-refractivity contribution in [1.29, 1.82) is 0 Å². The number of phenols is 1. The number of hydrogen-bond donors (Lipinski definition) is 2. The molecule has 2 N–H and O–H groups in total. The van der Waals surface area contributed by atoms with Crippen molar-refractivity contribution in [2.75, 3.05) is 20.1 Å². The molecule has 1 rings (SSSR count). The first-order chi connectivity index (χ1) is 8.41. The third-order valence-corrected chi connectivity index (χ3v) is 3.03. The van der Waals surface area contributed by atoms with Gasteiger partial charge in [-0.05, 0) is 40.0 Å². The summed E-state index contributed by atoms with van der Waals surface area (Å²) in [6.07, 6.45) is 0. The van der Waals surface area contributed by atoms with E-state index in [1.54, 1.807) is 18.2 Å². The van der Waals surface area contributed by atoms with Crippen LogP contribution in [0.1, 0.15) is 29.8 Å². The summed E-state index contributed by atoms with van der Waals surface area (Å²) < 4.78 is 0. The molecular weight excluding hydrogens is 228 g/mol. The lowest BCUT2D eigenvalue weighted by Gasteiger charge is -2.20. The van der Waals surface area contributed by atoms with Crippen molar-refractivity contribution in [2.24, 2.45) is 0 Å². The summed E-state index contributed by atoms with van der Waals surface area (Å²) in [6, 6.07) is 5.47. The van der Waals surface area contributed by atoms with Crippen LogP contribution in [0.4, 0.5) is 0 Å². The zero-order valence-corrected chi connectivity index (χ0v) is 11.5. The average Bonchev–Trinajstić information content (AvgIpc) is 2.31. The zero-order valence-electron chi connectivity index (χ0n) is 11.5. The summed E-state index contributed by atoms with van der Waals surface area (Å²) in [6.45, 7) is 7.46. The number of amides is 1. The van der Waals surface area contributed by atoms with Gasteiger partial charge in [-0.1, -0.05) is 11.6 Å². The Kier molecular flexibility index (Phi) is 5.16. The number of aromatic hydroxyl groups is 1. The minimum atomic E-state index is -0.228. The van der Waals surface area contributed by atoms with Gasteiger partial charge in [0.2, 0.25) is 0 Å². The second-order valence-corrected chi connectivity index (χ2v) is 4.85. The van der Waals surface area contributed by atoms with E-state index in [4.69, 9.17) is 0 Å². The number of nitrogens with zero attached hydrogens (tertiary/aromatic N) is 1. The number of hydrogen-bond acceptors (Lipinski definition) is 3. The summed E-state index contributed by atoms with van der Waals surface area (Å²) in [5, 5.41) is 12.4. The van der Waals surface area contributed by atoms with E-state index in [9.17, 15) is 9.90 Å². The highest BCUT2D eigenvalue weighted by Crippen LogP contribution is 2.17. The van der Waals surface area contributed by atoms with E-state index in [1.165, 1.54) is 0 Å². The smallest absolute Gasteiger partial charge is 0.255 e. The van der Waals surface area contributed by atoms with E-state index < -0.39 is 0 Å². The van der Waals surface area contributed by atoms with Crippen LogP contribution in [0.5, 0.6) is 5.75 Å². The van der Waals surface area contributed by atoms with Gasteiger partial charge in [-0.15, -0.1) is 0 Å². The molecule has 0 aliphatic heterocycles. The van der Waals surface area contributed by atoms with Crippen molar-refractivity contribution in [3.63, 3.8) is 0 Å². The first-order valence-electron chi connectivity index (χ1n) is 6.20. The Hall–Kier alpha value is -1.55. The van der Waals surface area contributed by atoms with Crippen molar-refractivity contribution in [1.82, 2.24) is 10.2 Å². The maximum absolute atomic E-state index is 11.9. The third-order valence-electron chi connectivity index (χ3n) is 3.03. The monoisotopic (exact) mass is 250 g/mol. The van der Waals surface area contributed by atoms with Crippen LogP contribution in [0.15, 0.2) is 18.2 Å². The lowest BCUT2D eigenvalue weighted by molar-refractivity contribution is 0.0945. The molecule has 0 fully saturated rings. The van der Waals surface area contributed by atoms with Crippen LogP contribution in [-0.4, -0.2) is 42.1 Å². The Morgan fingerprint density at radius 2 is 2.11 bits per heavy atom. The molecule has 0 atom stereocenters. The van der Waals surface area contributed by atoms with E-state index in [-0.39, 0.29) is 11.7 Å². The fourth-order valence-electron chi connectivity index (χ4n) is 1.53. The van der Waals surface area contributed by atoms with Crippen LogP contribution in [0, 0.1) is 6.92 Å². The quantitative estimate of drug-likeness (QED) is 0.837. The molecule has 0 radical (unpaired) electrons. The summed E-state index contributed by atoms with van der Waals surface area (Å²) in [7, 11) is 2.01. The van der Waals surface area contributed by atoms with Gasteiger partial charge in [0.25, 0.3) is 5.91 Å². The molecule has 100 valence electrons. The van der Waals surface area contributed by atoms with Gasteiger partial charge in [0.05, 0.1) is 5.56 Å². The van der Waals surface area contributed by atoms with Gasteiger partial charge < -0.3 is 15.3 Å². The minimum Gasteiger partial charge on any atom is -0.507 e. The number of nitrogens with one attached hydrogen (secondary N) is 1. The van der Waals surface area contributed by atoms with Crippen LogP contribution in [0.2, 0.25) is 0 Å². The topological polar surface area (TPSA) is 52.6 Å². The highest BCUT2D eigenvalue weighted by atomic mass is 16.3. The molecule has 18 heavy (non-hydrogen) atoms. The molecule has 0 spiro atoms. The van der Waals surface area contributed by atoms with Crippen molar-refractivity contribution in [2.45, 2.75) is 26.8 Å². The molecule has 0 aliphatic rings. The predicted octanol–water partition coefficient (Wildman–Crippen LogP) is 1.77. The molecule has 0 heterocycles. The summed E-state index contributed by atoms with van der Waals surface area (Å²) in [5.41, 5.74) is 1.29. The molecule has 0 saturated carbocycles. The van der Waals surface area contributed by atoms with Crippen LogP contribution >= 0.6 is 0 Å².